The number of phenols is 3. The Balaban J connectivity index is 1.40. The maximum Gasteiger partial charge on any atom is 0.239 e. The van der Waals surface area contributed by atoms with Gasteiger partial charge in [-0.05, 0) is 18.2 Å². The molecular formula is C33H40O22. The number of aliphatic hydroxyl groups excluding tert-OH is 11. The van der Waals surface area contributed by atoms with Gasteiger partial charge in [-0.1, -0.05) is 0 Å². The summed E-state index contributed by atoms with van der Waals surface area (Å²) in [5, 5.41) is 143. The summed E-state index contributed by atoms with van der Waals surface area (Å²) in [5.41, 5.74) is -1.72. The quantitative estimate of drug-likeness (QED) is 0.0853. The maximum atomic E-state index is 14.0. The second-order valence-electron chi connectivity index (χ2n) is 13.0. The largest absolute Gasteiger partial charge is 0.507 e. The molecule has 6 rings (SSSR count). The van der Waals surface area contributed by atoms with Gasteiger partial charge >= 0.3 is 0 Å². The number of hydrogen-bond donors (Lipinski definition) is 14. The second kappa shape index (κ2) is 16.3. The van der Waals surface area contributed by atoms with Gasteiger partial charge in [0.2, 0.25) is 23.8 Å². The van der Waals surface area contributed by atoms with E-state index >= 15 is 0 Å². The first-order chi connectivity index (χ1) is 26.1. The molecule has 1 aromatic heterocycles. The van der Waals surface area contributed by atoms with Crippen molar-refractivity contribution in [2.75, 3.05) is 19.8 Å². The van der Waals surface area contributed by atoms with Crippen molar-refractivity contribution in [3.63, 3.8) is 0 Å². The van der Waals surface area contributed by atoms with Crippen molar-refractivity contribution >= 4 is 11.0 Å². The average Bonchev–Trinajstić information content (AvgIpc) is 3.16. The van der Waals surface area contributed by atoms with Gasteiger partial charge < -0.3 is 104 Å². The fourth-order valence-corrected chi connectivity index (χ4v) is 6.33. The Morgan fingerprint density at radius 3 is 1.69 bits per heavy atom. The van der Waals surface area contributed by atoms with Crippen LogP contribution in [0.25, 0.3) is 22.3 Å². The van der Waals surface area contributed by atoms with E-state index in [1.54, 1.807) is 0 Å². The van der Waals surface area contributed by atoms with Gasteiger partial charge in [0.05, 0.1) is 19.8 Å². The highest BCUT2D eigenvalue weighted by Crippen LogP contribution is 2.40. The minimum absolute atomic E-state index is 0.133. The summed E-state index contributed by atoms with van der Waals surface area (Å²) < 4.78 is 39.4. The van der Waals surface area contributed by atoms with Crippen molar-refractivity contribution in [2.45, 2.75) is 92.1 Å². The lowest BCUT2D eigenvalue weighted by Crippen LogP contribution is -2.65. The molecule has 0 spiro atoms. The first-order valence-corrected chi connectivity index (χ1v) is 16.7. The van der Waals surface area contributed by atoms with E-state index in [-0.39, 0.29) is 11.3 Å². The van der Waals surface area contributed by atoms with E-state index in [1.807, 2.05) is 0 Å². The Labute approximate surface area is 307 Å². The molecule has 0 bridgehead atoms. The predicted molar refractivity (Wildman–Crippen MR) is 174 cm³/mol. The van der Waals surface area contributed by atoms with Crippen molar-refractivity contribution in [3.05, 3.63) is 40.6 Å². The molecule has 304 valence electrons. The highest BCUT2D eigenvalue weighted by Gasteiger charge is 2.51. The number of hydrogen-bond acceptors (Lipinski definition) is 22. The van der Waals surface area contributed by atoms with Gasteiger partial charge in [-0.2, -0.15) is 0 Å². The first kappa shape index (κ1) is 40.7. The summed E-state index contributed by atoms with van der Waals surface area (Å²) in [5.74, 6) is -3.78. The lowest BCUT2D eigenvalue weighted by molar-refractivity contribution is -0.357. The summed E-state index contributed by atoms with van der Waals surface area (Å²) in [7, 11) is 0. The van der Waals surface area contributed by atoms with Crippen LogP contribution in [0.4, 0.5) is 0 Å². The highest BCUT2D eigenvalue weighted by atomic mass is 16.8. The van der Waals surface area contributed by atoms with Crippen molar-refractivity contribution in [2.24, 2.45) is 0 Å². The van der Waals surface area contributed by atoms with E-state index in [2.05, 4.69) is 0 Å². The van der Waals surface area contributed by atoms with Gasteiger partial charge in [0.25, 0.3) is 0 Å². The Kier molecular flexibility index (Phi) is 12.0. The molecule has 3 saturated heterocycles. The molecule has 14 N–H and O–H groups in total. The SMILES string of the molecule is O=c1c(OC2OC(CO)C(O)C(O)C2O)c(-c2ccc(O)c(O)c2)oc2cc(OC3OC(CO)C(O)C(O)C3OC3OC(CO)C(O)C(O)C3O)cc(O)c12. The topological polar surface area (TPSA) is 369 Å². The van der Waals surface area contributed by atoms with E-state index in [4.69, 9.17) is 32.8 Å². The van der Waals surface area contributed by atoms with Crippen molar-refractivity contribution in [1.29, 1.82) is 0 Å². The monoisotopic (exact) mass is 788 g/mol. The summed E-state index contributed by atoms with van der Waals surface area (Å²) >= 11 is 0. The molecule has 4 heterocycles. The molecule has 0 radical (unpaired) electrons. The zero-order chi connectivity index (χ0) is 40.0. The van der Waals surface area contributed by atoms with Crippen LogP contribution in [-0.2, 0) is 18.9 Å². The molecule has 0 aliphatic carbocycles. The molecule has 2 aromatic carbocycles. The third kappa shape index (κ3) is 7.63. The molecule has 3 aliphatic heterocycles. The fraction of sp³-hybridized carbons (Fsp3) is 0.545. The van der Waals surface area contributed by atoms with Gasteiger partial charge in [0.1, 0.15) is 89.6 Å². The molecule has 55 heavy (non-hydrogen) atoms. The van der Waals surface area contributed by atoms with Crippen LogP contribution < -0.4 is 14.9 Å². The Morgan fingerprint density at radius 1 is 0.564 bits per heavy atom. The normalized spacial score (nSPS) is 36.8. The van der Waals surface area contributed by atoms with Gasteiger partial charge in [-0.3, -0.25) is 4.79 Å². The van der Waals surface area contributed by atoms with Crippen LogP contribution in [0, 0.1) is 0 Å². The summed E-state index contributed by atoms with van der Waals surface area (Å²) in [6.07, 6.45) is -26.9. The van der Waals surface area contributed by atoms with E-state index in [1.165, 1.54) is 6.07 Å². The van der Waals surface area contributed by atoms with Gasteiger partial charge in [-0.15, -0.1) is 0 Å². The second-order valence-corrected chi connectivity index (χ2v) is 13.0. The zero-order valence-corrected chi connectivity index (χ0v) is 28.2. The Bertz CT molecular complexity index is 1870. The third-order valence-electron chi connectivity index (χ3n) is 9.44. The van der Waals surface area contributed by atoms with Crippen LogP contribution in [0.15, 0.2) is 39.5 Å². The maximum absolute atomic E-state index is 14.0. The van der Waals surface area contributed by atoms with E-state index in [0.717, 1.165) is 24.3 Å². The highest BCUT2D eigenvalue weighted by molar-refractivity contribution is 5.88. The molecule has 22 heteroatoms. The molecule has 3 aromatic rings. The van der Waals surface area contributed by atoms with Crippen LogP contribution in [0.1, 0.15) is 0 Å². The molecular weight excluding hydrogens is 748 g/mol. The van der Waals surface area contributed by atoms with Crippen LogP contribution in [0.5, 0.6) is 28.7 Å². The van der Waals surface area contributed by atoms with Crippen LogP contribution in [0.3, 0.4) is 0 Å². The van der Waals surface area contributed by atoms with E-state index < -0.39 is 157 Å². The Morgan fingerprint density at radius 2 is 1.11 bits per heavy atom. The number of aliphatic hydroxyl groups is 11. The summed E-state index contributed by atoms with van der Waals surface area (Å²) in [4.78, 5) is 14.0. The number of rotatable bonds is 10. The first-order valence-electron chi connectivity index (χ1n) is 16.7. The molecule has 22 nitrogen and oxygen atoms in total. The number of ether oxygens (including phenoxy) is 6. The number of aromatic hydroxyl groups is 3. The predicted octanol–water partition coefficient (Wildman–Crippen LogP) is -5.24. The molecule has 15 atom stereocenters. The van der Waals surface area contributed by atoms with Crippen molar-refractivity contribution in [3.8, 4) is 40.1 Å². The van der Waals surface area contributed by atoms with E-state index in [0.29, 0.717) is 0 Å². The van der Waals surface area contributed by atoms with Crippen LogP contribution >= 0.6 is 0 Å². The lowest BCUT2D eigenvalue weighted by atomic mass is 9.97. The third-order valence-corrected chi connectivity index (χ3v) is 9.44. The summed E-state index contributed by atoms with van der Waals surface area (Å²) in [6.45, 7) is -2.53. The van der Waals surface area contributed by atoms with Crippen LogP contribution in [0.2, 0.25) is 0 Å². The summed E-state index contributed by atoms with van der Waals surface area (Å²) in [6, 6.07) is 5.05. The minimum Gasteiger partial charge on any atom is -0.507 e. The smallest absolute Gasteiger partial charge is 0.239 e. The minimum atomic E-state index is -2.00. The number of phenolic OH excluding ortho intramolecular Hbond substituents is 3. The lowest BCUT2D eigenvalue weighted by Gasteiger charge is -2.45. The van der Waals surface area contributed by atoms with Gasteiger partial charge in [0.15, 0.2) is 29.7 Å². The average molecular weight is 789 g/mol. The number of fused-ring (bicyclic) bond motifs is 1. The Hall–Kier alpha value is -3.95. The van der Waals surface area contributed by atoms with E-state index in [9.17, 15) is 76.3 Å². The fourth-order valence-electron chi connectivity index (χ4n) is 6.33. The number of benzene rings is 2. The molecule has 0 amide bonds. The van der Waals surface area contributed by atoms with Crippen LogP contribution in [-0.4, -0.2) is 183 Å². The van der Waals surface area contributed by atoms with Crippen molar-refractivity contribution < 1.29 is 104 Å². The molecule has 15 unspecified atom stereocenters. The van der Waals surface area contributed by atoms with Crippen molar-refractivity contribution in [1.82, 2.24) is 0 Å². The molecule has 3 aliphatic rings. The zero-order valence-electron chi connectivity index (χ0n) is 28.2. The molecule has 3 fully saturated rings. The van der Waals surface area contributed by atoms with Gasteiger partial charge in [-0.25, -0.2) is 0 Å². The molecule has 0 saturated carbocycles. The standard InChI is InChI=1S/C33H40O22/c34-6-15-19(40)23(44)26(47)31(51-15)54-29-22(43)18-13(39)4-10(5-14(18)50-28(29)9-1-2-11(37)12(38)3-9)49-33-30(25(46)21(42)17(8-36)53-33)55-32-27(48)24(45)20(41)16(7-35)52-32/h1-5,15-17,19-21,23-27,30-42,44-48H,6-8H2. The van der Waals surface area contributed by atoms with Gasteiger partial charge in [0, 0.05) is 17.7 Å².